The highest BCUT2D eigenvalue weighted by atomic mass is 32.1. The lowest BCUT2D eigenvalue weighted by atomic mass is 10.1. The van der Waals surface area contributed by atoms with E-state index in [0.717, 1.165) is 16.3 Å². The van der Waals surface area contributed by atoms with Crippen LogP contribution in [0.5, 0.6) is 0 Å². The quantitative estimate of drug-likeness (QED) is 0.417. The summed E-state index contributed by atoms with van der Waals surface area (Å²) >= 11 is 1.41. The normalized spacial score (nSPS) is 10.8. The number of aryl methyl sites for hydroxylation is 1. The Morgan fingerprint density at radius 2 is 2.19 bits per heavy atom. The highest BCUT2D eigenvalue weighted by Crippen LogP contribution is 2.29. The van der Waals surface area contributed by atoms with Crippen LogP contribution in [0.1, 0.15) is 28.7 Å². The number of furan rings is 1. The van der Waals surface area contributed by atoms with Crippen molar-refractivity contribution in [2.75, 3.05) is 11.9 Å². The molecule has 0 unspecified atom stereocenters. The number of ether oxygens (including phenoxy) is 1. The second-order valence-corrected chi connectivity index (χ2v) is 7.53. The number of anilines is 1. The van der Waals surface area contributed by atoms with Crippen LogP contribution in [-0.2, 0) is 11.3 Å². The summed E-state index contributed by atoms with van der Waals surface area (Å²) in [5, 5.41) is 5.73. The second kappa shape index (κ2) is 8.97. The van der Waals surface area contributed by atoms with Crippen LogP contribution in [0.3, 0.4) is 0 Å². The van der Waals surface area contributed by atoms with Crippen LogP contribution < -0.4 is 10.9 Å². The van der Waals surface area contributed by atoms with E-state index < -0.39 is 5.97 Å². The first-order valence-electron chi connectivity index (χ1n) is 9.64. The highest BCUT2D eigenvalue weighted by Gasteiger charge is 2.17. The first-order chi connectivity index (χ1) is 15.0. The van der Waals surface area contributed by atoms with Crippen molar-refractivity contribution < 1.29 is 13.9 Å². The van der Waals surface area contributed by atoms with Gasteiger partial charge in [0.05, 0.1) is 36.2 Å². The van der Waals surface area contributed by atoms with E-state index in [-0.39, 0.29) is 12.2 Å². The number of esters is 1. The fourth-order valence-electron chi connectivity index (χ4n) is 3.02. The van der Waals surface area contributed by atoms with Crippen molar-refractivity contribution in [3.8, 4) is 21.8 Å². The SMILES string of the molecule is CCOC(=O)c1cc(-c2csc(-c3ccnc(NCc4ccco4)c3)n2)c(=O)[nH]c1C. The summed E-state index contributed by atoms with van der Waals surface area (Å²) in [6.07, 6.45) is 3.32. The van der Waals surface area contributed by atoms with Gasteiger partial charge in [-0.2, -0.15) is 0 Å². The molecular formula is C22H20N4O4S. The minimum absolute atomic E-state index is 0.256. The molecule has 31 heavy (non-hydrogen) atoms. The van der Waals surface area contributed by atoms with E-state index in [4.69, 9.17) is 9.15 Å². The van der Waals surface area contributed by atoms with Crippen molar-refractivity contribution in [1.82, 2.24) is 15.0 Å². The van der Waals surface area contributed by atoms with E-state index in [1.807, 2.05) is 24.3 Å². The Morgan fingerprint density at radius 3 is 2.97 bits per heavy atom. The molecule has 2 N–H and O–H groups in total. The Balaban J connectivity index is 1.60. The molecule has 0 atom stereocenters. The Morgan fingerprint density at radius 1 is 1.32 bits per heavy atom. The van der Waals surface area contributed by atoms with Crippen molar-refractivity contribution in [2.24, 2.45) is 0 Å². The van der Waals surface area contributed by atoms with Crippen LogP contribution >= 0.6 is 11.3 Å². The smallest absolute Gasteiger partial charge is 0.339 e. The largest absolute Gasteiger partial charge is 0.467 e. The molecule has 4 heterocycles. The predicted octanol–water partition coefficient (Wildman–Crippen LogP) is 4.25. The average Bonchev–Trinajstić information content (AvgIpc) is 3.45. The number of nitrogens with zero attached hydrogens (tertiary/aromatic N) is 2. The lowest BCUT2D eigenvalue weighted by molar-refractivity contribution is 0.0525. The number of aromatic amines is 1. The number of aromatic nitrogens is 3. The molecule has 0 spiro atoms. The minimum Gasteiger partial charge on any atom is -0.467 e. The molecule has 0 amide bonds. The third kappa shape index (κ3) is 4.56. The van der Waals surface area contributed by atoms with Gasteiger partial charge in [-0.25, -0.2) is 14.8 Å². The van der Waals surface area contributed by atoms with Gasteiger partial charge < -0.3 is 19.5 Å². The number of carbonyl (C=O) groups is 1. The number of thiazole rings is 1. The maximum atomic E-state index is 12.5. The summed E-state index contributed by atoms with van der Waals surface area (Å²) in [7, 11) is 0. The maximum Gasteiger partial charge on any atom is 0.339 e. The minimum atomic E-state index is -0.477. The van der Waals surface area contributed by atoms with Crippen LogP contribution in [0.15, 0.2) is 57.4 Å². The van der Waals surface area contributed by atoms with Gasteiger partial charge in [0.25, 0.3) is 5.56 Å². The molecule has 8 nitrogen and oxygen atoms in total. The maximum absolute atomic E-state index is 12.5. The van der Waals surface area contributed by atoms with Crippen LogP contribution in [0.2, 0.25) is 0 Å². The van der Waals surface area contributed by atoms with Gasteiger partial charge in [-0.05, 0) is 44.2 Å². The van der Waals surface area contributed by atoms with E-state index in [1.54, 1.807) is 31.7 Å². The van der Waals surface area contributed by atoms with Crippen molar-refractivity contribution in [1.29, 1.82) is 0 Å². The molecule has 0 bridgehead atoms. The molecule has 0 saturated carbocycles. The molecule has 0 aromatic carbocycles. The van der Waals surface area contributed by atoms with Crippen LogP contribution in [-0.4, -0.2) is 27.5 Å². The Hall–Kier alpha value is -3.72. The van der Waals surface area contributed by atoms with Gasteiger partial charge in [0, 0.05) is 22.8 Å². The van der Waals surface area contributed by atoms with Crippen molar-refractivity contribution >= 4 is 23.1 Å². The molecule has 0 saturated heterocycles. The molecule has 4 aromatic heterocycles. The molecule has 0 aliphatic carbocycles. The zero-order valence-electron chi connectivity index (χ0n) is 17.0. The number of hydrogen-bond donors (Lipinski definition) is 2. The van der Waals surface area contributed by atoms with Gasteiger partial charge >= 0.3 is 5.97 Å². The predicted molar refractivity (Wildman–Crippen MR) is 118 cm³/mol. The molecule has 4 rings (SSSR count). The number of pyridine rings is 2. The molecule has 0 fully saturated rings. The van der Waals surface area contributed by atoms with E-state index in [9.17, 15) is 9.59 Å². The van der Waals surface area contributed by atoms with Gasteiger partial charge in [-0.15, -0.1) is 11.3 Å². The van der Waals surface area contributed by atoms with Gasteiger partial charge in [0.1, 0.15) is 16.6 Å². The summed E-state index contributed by atoms with van der Waals surface area (Å²) in [6.45, 7) is 4.17. The number of H-pyrrole nitrogens is 1. The zero-order valence-corrected chi connectivity index (χ0v) is 17.8. The molecule has 0 radical (unpaired) electrons. The van der Waals surface area contributed by atoms with E-state index >= 15 is 0 Å². The third-order valence-corrected chi connectivity index (χ3v) is 5.44. The van der Waals surface area contributed by atoms with E-state index in [0.29, 0.717) is 34.9 Å². The molecule has 158 valence electrons. The van der Waals surface area contributed by atoms with Gasteiger partial charge in [-0.1, -0.05) is 0 Å². The molecule has 0 aliphatic rings. The van der Waals surface area contributed by atoms with E-state index in [2.05, 4.69) is 20.3 Å². The summed E-state index contributed by atoms with van der Waals surface area (Å²) in [5.41, 5.74) is 2.15. The third-order valence-electron chi connectivity index (χ3n) is 4.54. The van der Waals surface area contributed by atoms with Crippen molar-refractivity contribution in [2.45, 2.75) is 20.4 Å². The number of carbonyl (C=O) groups excluding carboxylic acids is 1. The van der Waals surface area contributed by atoms with Crippen molar-refractivity contribution in [3.05, 3.63) is 75.5 Å². The lowest BCUT2D eigenvalue weighted by Gasteiger charge is -2.07. The lowest BCUT2D eigenvalue weighted by Crippen LogP contribution is -2.16. The monoisotopic (exact) mass is 436 g/mol. The standard InChI is InChI=1S/C22H20N4O4S/c1-3-29-22(28)16-10-17(20(27)25-13(16)2)18-12-31-21(26-18)14-6-7-23-19(9-14)24-11-15-5-4-8-30-15/h4-10,12H,3,11H2,1-2H3,(H,23,24)(H,25,27). The topological polar surface area (TPSA) is 110 Å². The van der Waals surface area contributed by atoms with Crippen molar-refractivity contribution in [3.63, 3.8) is 0 Å². The zero-order chi connectivity index (χ0) is 21.8. The fourth-order valence-corrected chi connectivity index (χ4v) is 3.83. The van der Waals surface area contributed by atoms with Crippen LogP contribution in [0, 0.1) is 6.92 Å². The summed E-state index contributed by atoms with van der Waals surface area (Å²) in [5.74, 6) is 1.01. The van der Waals surface area contributed by atoms with Crippen LogP contribution in [0.4, 0.5) is 5.82 Å². The summed E-state index contributed by atoms with van der Waals surface area (Å²) in [6, 6.07) is 8.98. The van der Waals surface area contributed by atoms with E-state index in [1.165, 1.54) is 17.4 Å². The molecular weight excluding hydrogens is 416 g/mol. The van der Waals surface area contributed by atoms with Gasteiger partial charge in [0.15, 0.2) is 0 Å². The Labute approximate surface area is 182 Å². The number of rotatable bonds is 7. The fraction of sp³-hybridized carbons (Fsp3) is 0.182. The average molecular weight is 436 g/mol. The first kappa shape index (κ1) is 20.5. The summed E-state index contributed by atoms with van der Waals surface area (Å²) in [4.78, 5) is 36.3. The highest BCUT2D eigenvalue weighted by molar-refractivity contribution is 7.13. The van der Waals surface area contributed by atoms with Crippen LogP contribution in [0.25, 0.3) is 21.8 Å². The first-order valence-corrected chi connectivity index (χ1v) is 10.5. The number of hydrogen-bond acceptors (Lipinski definition) is 8. The Kier molecular flexibility index (Phi) is 5.94. The Bertz CT molecular complexity index is 1260. The number of nitrogens with one attached hydrogen (secondary N) is 2. The van der Waals surface area contributed by atoms with Gasteiger partial charge in [0.2, 0.25) is 0 Å². The molecule has 4 aromatic rings. The van der Waals surface area contributed by atoms with Gasteiger partial charge in [-0.3, -0.25) is 4.79 Å². The second-order valence-electron chi connectivity index (χ2n) is 6.67. The molecule has 0 aliphatic heterocycles. The molecule has 9 heteroatoms. The summed E-state index contributed by atoms with van der Waals surface area (Å²) < 4.78 is 10.4.